The summed E-state index contributed by atoms with van der Waals surface area (Å²) in [4.78, 5) is 44.5. The molecule has 2 aliphatic rings. The summed E-state index contributed by atoms with van der Waals surface area (Å²) in [6.45, 7) is 5.51. The number of fused-ring (bicyclic) bond motifs is 4. The number of aromatic amines is 2. The molecule has 10 heteroatoms. The molecule has 0 spiro atoms. The zero-order valence-corrected chi connectivity index (χ0v) is 25.4. The highest BCUT2D eigenvalue weighted by atomic mass is 16.5. The number of imidazole rings is 2. The second-order valence-corrected chi connectivity index (χ2v) is 12.4. The lowest BCUT2D eigenvalue weighted by Crippen LogP contribution is -2.53. The van der Waals surface area contributed by atoms with Crippen molar-refractivity contribution in [1.82, 2.24) is 35.5 Å². The van der Waals surface area contributed by atoms with E-state index in [1.807, 2.05) is 24.8 Å². The summed E-state index contributed by atoms with van der Waals surface area (Å²) in [6.07, 6.45) is 4.42. The van der Waals surface area contributed by atoms with Crippen molar-refractivity contribution < 1.29 is 14.3 Å². The molecule has 0 bridgehead atoms. The van der Waals surface area contributed by atoms with Crippen LogP contribution in [0.25, 0.3) is 44.0 Å². The van der Waals surface area contributed by atoms with Crippen molar-refractivity contribution in [2.24, 2.45) is 5.92 Å². The minimum atomic E-state index is -0.666. The van der Waals surface area contributed by atoms with Gasteiger partial charge in [-0.05, 0) is 85.3 Å². The molecule has 44 heavy (non-hydrogen) atoms. The van der Waals surface area contributed by atoms with E-state index in [0.717, 1.165) is 87.8 Å². The van der Waals surface area contributed by atoms with Crippen molar-refractivity contribution >= 4 is 44.8 Å². The van der Waals surface area contributed by atoms with Crippen molar-refractivity contribution in [2.75, 3.05) is 20.2 Å². The van der Waals surface area contributed by atoms with Gasteiger partial charge >= 0.3 is 6.09 Å². The predicted octanol–water partition coefficient (Wildman–Crippen LogP) is 6.12. The summed E-state index contributed by atoms with van der Waals surface area (Å²) >= 11 is 0. The summed E-state index contributed by atoms with van der Waals surface area (Å²) in [5.74, 6) is 1.61. The zero-order chi connectivity index (χ0) is 30.4. The molecule has 4 N–H and O–H groups in total. The lowest BCUT2D eigenvalue weighted by atomic mass is 9.97. The van der Waals surface area contributed by atoms with Crippen LogP contribution in [0.5, 0.6) is 0 Å². The first-order valence-electron chi connectivity index (χ1n) is 15.7. The minimum Gasteiger partial charge on any atom is -0.453 e. The Bertz CT molecular complexity index is 1850. The normalized spacial score (nSPS) is 19.7. The van der Waals surface area contributed by atoms with E-state index in [9.17, 15) is 9.59 Å². The third-order valence-electron chi connectivity index (χ3n) is 9.20. The van der Waals surface area contributed by atoms with Crippen LogP contribution in [0.15, 0.2) is 48.5 Å². The van der Waals surface area contributed by atoms with Gasteiger partial charge in [-0.1, -0.05) is 38.1 Å². The number of rotatable bonds is 6. The van der Waals surface area contributed by atoms with Gasteiger partial charge in [-0.3, -0.25) is 4.79 Å². The molecule has 4 heterocycles. The van der Waals surface area contributed by atoms with E-state index in [1.54, 1.807) is 0 Å². The second kappa shape index (κ2) is 11.6. The van der Waals surface area contributed by atoms with Gasteiger partial charge in [0.2, 0.25) is 5.91 Å². The number of likely N-dealkylation sites (tertiary alicyclic amines) is 1. The second-order valence-electron chi connectivity index (χ2n) is 12.4. The minimum absolute atomic E-state index is 0.0835. The van der Waals surface area contributed by atoms with Crippen LogP contribution < -0.4 is 10.6 Å². The number of hydrogen-bond donors (Lipinski definition) is 4. The first-order valence-corrected chi connectivity index (χ1v) is 15.7. The van der Waals surface area contributed by atoms with Crippen molar-refractivity contribution in [3.05, 3.63) is 60.2 Å². The number of benzene rings is 3. The molecule has 2 amide bonds. The average molecular weight is 594 g/mol. The number of nitrogens with one attached hydrogen (secondary N) is 4. The van der Waals surface area contributed by atoms with Gasteiger partial charge in [0.25, 0.3) is 0 Å². The molecule has 2 saturated heterocycles. The fourth-order valence-corrected chi connectivity index (χ4v) is 6.81. The highest BCUT2D eigenvalue weighted by Crippen LogP contribution is 2.34. The van der Waals surface area contributed by atoms with E-state index in [4.69, 9.17) is 14.7 Å². The Balaban J connectivity index is 1.17. The molecular weight excluding hydrogens is 554 g/mol. The molecule has 2 aromatic heterocycles. The summed E-state index contributed by atoms with van der Waals surface area (Å²) in [7, 11) is 1.31. The van der Waals surface area contributed by atoms with Crippen molar-refractivity contribution in [3.63, 3.8) is 0 Å². The Morgan fingerprint density at radius 2 is 1.75 bits per heavy atom. The highest BCUT2D eigenvalue weighted by Gasteiger charge is 2.36. The lowest BCUT2D eigenvalue weighted by molar-refractivity contribution is -0.138. The van der Waals surface area contributed by atoms with Crippen LogP contribution >= 0.6 is 0 Å². The van der Waals surface area contributed by atoms with E-state index < -0.39 is 12.1 Å². The van der Waals surface area contributed by atoms with Crippen LogP contribution in [-0.2, 0) is 9.53 Å². The van der Waals surface area contributed by atoms with Crippen molar-refractivity contribution in [2.45, 2.75) is 64.1 Å². The standard InChI is InChI=1S/C34H39N7O3/c1-19(2)29(40-34(43)44-3)33(42)41-16-5-4-8-28(41)32-36-24-13-10-21(18-27(24)38-32)20-9-12-23-22(17-20)11-14-25-30(23)39-31(37-25)26-7-6-15-35-26/h9-14,17-19,26,28-29,35H,4-8,15-16H2,1-3H3,(H,36,38)(H,37,39)(H,40,43)/t26-,28-,29?/m0/s1. The summed E-state index contributed by atoms with van der Waals surface area (Å²) < 4.78 is 4.78. The smallest absolute Gasteiger partial charge is 0.407 e. The number of hydrogen-bond acceptors (Lipinski definition) is 6. The van der Waals surface area contributed by atoms with Crippen molar-refractivity contribution in [3.8, 4) is 11.1 Å². The molecule has 2 fully saturated rings. The molecule has 1 unspecified atom stereocenters. The SMILES string of the molecule is COC(=O)NC(C(=O)N1CCCC[C@H]1c1nc2ccc(-c3ccc4c(ccc5[nH]c([C@@H]6CCCN6)nc54)c3)cc2[nH]1)C(C)C. The number of methoxy groups -OCH3 is 1. The number of ether oxygens (including phenoxy) is 1. The largest absolute Gasteiger partial charge is 0.453 e. The Labute approximate surface area is 256 Å². The Morgan fingerprint density at radius 3 is 2.55 bits per heavy atom. The van der Waals surface area contributed by atoms with E-state index in [2.05, 4.69) is 63.1 Å². The average Bonchev–Trinajstić information content (AvgIpc) is 3.82. The summed E-state index contributed by atoms with van der Waals surface area (Å²) in [6, 6.07) is 16.5. The molecule has 2 aliphatic heterocycles. The number of carbonyl (C=O) groups excluding carboxylic acids is 2. The molecule has 0 aliphatic carbocycles. The summed E-state index contributed by atoms with van der Waals surface area (Å²) in [5, 5.41) is 8.55. The van der Waals surface area contributed by atoms with Crippen LogP contribution in [0, 0.1) is 5.92 Å². The monoisotopic (exact) mass is 593 g/mol. The highest BCUT2D eigenvalue weighted by molar-refractivity contribution is 6.05. The van der Waals surface area contributed by atoms with Gasteiger partial charge in [0, 0.05) is 11.9 Å². The maximum absolute atomic E-state index is 13.7. The van der Waals surface area contributed by atoms with E-state index in [0.29, 0.717) is 12.6 Å². The number of H-pyrrole nitrogens is 2. The molecule has 7 rings (SSSR count). The van der Waals surface area contributed by atoms with Crippen LogP contribution in [0.1, 0.15) is 69.7 Å². The molecule has 0 radical (unpaired) electrons. The number of piperidine rings is 1. The van der Waals surface area contributed by atoms with Gasteiger partial charge in [-0.25, -0.2) is 14.8 Å². The molecule has 3 atom stereocenters. The predicted molar refractivity (Wildman–Crippen MR) is 171 cm³/mol. The van der Waals surface area contributed by atoms with E-state index >= 15 is 0 Å². The number of aromatic nitrogens is 4. The first-order chi connectivity index (χ1) is 21.4. The Kier molecular flexibility index (Phi) is 7.45. The molecule has 228 valence electrons. The topological polar surface area (TPSA) is 128 Å². The molecule has 5 aromatic rings. The molecule has 3 aromatic carbocycles. The number of nitrogens with zero attached hydrogens (tertiary/aromatic N) is 3. The fraction of sp³-hybridized carbons (Fsp3) is 0.412. The molecular formula is C34H39N7O3. The van der Waals surface area contributed by atoms with Crippen molar-refractivity contribution in [1.29, 1.82) is 0 Å². The van der Waals surface area contributed by atoms with Crippen LogP contribution in [0.2, 0.25) is 0 Å². The van der Waals surface area contributed by atoms with Crippen LogP contribution in [-0.4, -0.2) is 63.1 Å². The van der Waals surface area contributed by atoms with E-state index in [1.165, 1.54) is 13.5 Å². The zero-order valence-electron chi connectivity index (χ0n) is 25.4. The number of carbonyl (C=O) groups is 2. The lowest BCUT2D eigenvalue weighted by Gasteiger charge is -2.37. The Hall–Kier alpha value is -4.44. The number of alkyl carbamates (subject to hydrolysis) is 1. The summed E-state index contributed by atoms with van der Waals surface area (Å²) in [5.41, 5.74) is 6.08. The third kappa shape index (κ3) is 5.17. The van der Waals surface area contributed by atoms with Gasteiger partial charge in [0.05, 0.1) is 41.3 Å². The van der Waals surface area contributed by atoms with Gasteiger partial charge in [-0.2, -0.15) is 0 Å². The fourth-order valence-electron chi connectivity index (χ4n) is 6.81. The van der Waals surface area contributed by atoms with Crippen LogP contribution in [0.3, 0.4) is 0 Å². The maximum atomic E-state index is 13.7. The van der Waals surface area contributed by atoms with E-state index in [-0.39, 0.29) is 17.9 Å². The third-order valence-corrected chi connectivity index (χ3v) is 9.20. The molecule has 10 nitrogen and oxygen atoms in total. The van der Waals surface area contributed by atoms with Gasteiger partial charge in [-0.15, -0.1) is 0 Å². The quantitative estimate of drug-likeness (QED) is 0.188. The number of amides is 2. The van der Waals surface area contributed by atoms with Gasteiger partial charge < -0.3 is 30.2 Å². The van der Waals surface area contributed by atoms with Gasteiger partial charge in [0.15, 0.2) is 0 Å². The Morgan fingerprint density at radius 1 is 0.932 bits per heavy atom. The first kappa shape index (κ1) is 28.3. The van der Waals surface area contributed by atoms with Gasteiger partial charge in [0.1, 0.15) is 17.7 Å². The van der Waals surface area contributed by atoms with Crippen LogP contribution in [0.4, 0.5) is 4.79 Å². The molecule has 0 saturated carbocycles. The maximum Gasteiger partial charge on any atom is 0.407 e.